The summed E-state index contributed by atoms with van der Waals surface area (Å²) in [7, 11) is 1.92. The lowest BCUT2D eigenvalue weighted by Crippen LogP contribution is -2.41. The van der Waals surface area contributed by atoms with E-state index in [9.17, 15) is 39.6 Å². The zero-order chi connectivity index (χ0) is 20.5. The highest BCUT2D eigenvalue weighted by Crippen LogP contribution is 2.49. The molecular weight excluding hydrogens is 368 g/mol. The molecule has 4 N–H and O–H groups in total. The molecule has 0 spiro atoms. The molecule has 2 rings (SSSR count). The van der Waals surface area contributed by atoms with Gasteiger partial charge in [0.25, 0.3) is 0 Å². The van der Waals surface area contributed by atoms with Crippen LogP contribution >= 0.6 is 0 Å². The van der Waals surface area contributed by atoms with Gasteiger partial charge in [-0.2, -0.15) is 0 Å². The summed E-state index contributed by atoms with van der Waals surface area (Å²) in [5.74, 6) is -9.90. The third kappa shape index (κ3) is 3.34. The molecule has 1 aliphatic rings. The predicted octanol–water partition coefficient (Wildman–Crippen LogP) is -0.217. The summed E-state index contributed by atoms with van der Waals surface area (Å²) in [5, 5.41) is 39.1. The van der Waals surface area contributed by atoms with Crippen molar-refractivity contribution in [1.82, 2.24) is 0 Å². The number of carbonyl (C=O) groups is 4. The Hall–Kier alpha value is -3.76. The number of aliphatic carboxylic acids is 1. The summed E-state index contributed by atoms with van der Waals surface area (Å²) in [4.78, 5) is 47.5. The number of benzene rings is 1. The molecule has 1 aromatic carbocycles. The number of carboxylic acids is 1. The zero-order valence-electron chi connectivity index (χ0n) is 14.0. The monoisotopic (exact) mass is 382 g/mol. The molecule has 0 fully saturated rings. The Labute approximate surface area is 151 Å². The van der Waals surface area contributed by atoms with Crippen LogP contribution in [0.5, 0.6) is 17.2 Å². The molecule has 0 amide bonds. The number of phenols is 3. The maximum absolute atomic E-state index is 12.2. The van der Waals surface area contributed by atoms with E-state index in [1.807, 2.05) is 0 Å². The van der Waals surface area contributed by atoms with Crippen LogP contribution in [0.1, 0.15) is 21.8 Å². The summed E-state index contributed by atoms with van der Waals surface area (Å²) < 4.78 is 13.8. The number of phenolic OH excluding ortho intramolecular Hbond substituents is 3. The van der Waals surface area contributed by atoms with Gasteiger partial charge in [-0.05, 0) is 6.07 Å². The van der Waals surface area contributed by atoms with E-state index >= 15 is 0 Å². The Bertz CT molecular complexity index is 868. The maximum Gasteiger partial charge on any atom is 0.348 e. The van der Waals surface area contributed by atoms with Crippen molar-refractivity contribution < 1.29 is 53.8 Å². The number of esters is 3. The number of cyclic esters (lactones) is 1. The van der Waals surface area contributed by atoms with Gasteiger partial charge in [-0.15, -0.1) is 0 Å². The molecule has 144 valence electrons. The molecule has 11 heteroatoms. The largest absolute Gasteiger partial charge is 0.504 e. The molecule has 0 saturated heterocycles. The van der Waals surface area contributed by atoms with E-state index in [-0.39, 0.29) is 0 Å². The Morgan fingerprint density at radius 3 is 2.26 bits per heavy atom. The van der Waals surface area contributed by atoms with E-state index in [1.54, 1.807) is 0 Å². The zero-order valence-corrected chi connectivity index (χ0v) is 14.0. The Balaban J connectivity index is 2.86. The second kappa shape index (κ2) is 7.23. The first kappa shape index (κ1) is 19.6. The maximum atomic E-state index is 12.2. The number of hydrogen-bond acceptors (Lipinski definition) is 10. The van der Waals surface area contributed by atoms with Crippen molar-refractivity contribution in [3.8, 4) is 17.2 Å². The van der Waals surface area contributed by atoms with Crippen molar-refractivity contribution >= 4 is 23.9 Å². The lowest BCUT2D eigenvalue weighted by molar-refractivity contribution is -0.152. The molecule has 11 nitrogen and oxygen atoms in total. The van der Waals surface area contributed by atoms with Crippen LogP contribution in [-0.4, -0.2) is 64.6 Å². The number of carbonyl (C=O) groups excluding carboxylic acids is 3. The molecule has 2 unspecified atom stereocenters. The van der Waals surface area contributed by atoms with E-state index in [0.29, 0.717) is 6.08 Å². The summed E-state index contributed by atoms with van der Waals surface area (Å²) >= 11 is 0. The van der Waals surface area contributed by atoms with Gasteiger partial charge in [0.15, 0.2) is 11.5 Å². The van der Waals surface area contributed by atoms with Gasteiger partial charge in [0.1, 0.15) is 0 Å². The minimum atomic E-state index is -1.89. The normalized spacial score (nSPS) is 18.9. The van der Waals surface area contributed by atoms with Crippen molar-refractivity contribution in [3.05, 3.63) is 28.8 Å². The molecule has 0 saturated carbocycles. The van der Waals surface area contributed by atoms with Gasteiger partial charge < -0.3 is 34.6 Å². The molecular formula is C16H14O11. The van der Waals surface area contributed by atoms with Crippen molar-refractivity contribution in [2.75, 3.05) is 14.2 Å². The average molecular weight is 382 g/mol. The molecule has 27 heavy (non-hydrogen) atoms. The van der Waals surface area contributed by atoms with Crippen LogP contribution in [0.2, 0.25) is 0 Å². The highest BCUT2D eigenvalue weighted by molar-refractivity contribution is 6.03. The fourth-order valence-corrected chi connectivity index (χ4v) is 2.63. The molecule has 0 bridgehead atoms. The van der Waals surface area contributed by atoms with E-state index in [2.05, 4.69) is 9.47 Å². The molecule has 1 aromatic rings. The number of fused-ring (bicyclic) bond motifs is 1. The average Bonchev–Trinajstić information content (AvgIpc) is 2.63. The molecule has 0 aromatic heterocycles. The minimum absolute atomic E-state index is 0.509. The number of ether oxygens (including phenoxy) is 3. The molecule has 2 atom stereocenters. The number of hydrogen-bond donors (Lipinski definition) is 4. The lowest BCUT2D eigenvalue weighted by atomic mass is 9.80. The second-order valence-electron chi connectivity index (χ2n) is 5.31. The van der Waals surface area contributed by atoms with Crippen LogP contribution in [0.15, 0.2) is 17.7 Å². The van der Waals surface area contributed by atoms with Crippen LogP contribution in [0, 0.1) is 0 Å². The SMILES string of the molecule is COC(=O)C=C(C(=O)O)C1c2c(cc(O)c(O)c2O)C(=O)OC1C(=O)OC. The van der Waals surface area contributed by atoms with E-state index < -0.39 is 69.8 Å². The third-order valence-electron chi connectivity index (χ3n) is 3.85. The first-order valence-electron chi connectivity index (χ1n) is 7.23. The molecule has 0 radical (unpaired) electrons. The van der Waals surface area contributed by atoms with Crippen molar-refractivity contribution in [2.24, 2.45) is 0 Å². The molecule has 1 aliphatic heterocycles. The highest BCUT2D eigenvalue weighted by Gasteiger charge is 2.47. The van der Waals surface area contributed by atoms with Crippen LogP contribution < -0.4 is 0 Å². The summed E-state index contributed by atoms with van der Waals surface area (Å²) in [6.45, 7) is 0. The predicted molar refractivity (Wildman–Crippen MR) is 83.1 cm³/mol. The lowest BCUT2D eigenvalue weighted by Gasteiger charge is -2.32. The Morgan fingerprint density at radius 2 is 1.74 bits per heavy atom. The quantitative estimate of drug-likeness (QED) is 0.234. The van der Waals surface area contributed by atoms with Gasteiger partial charge in [0.05, 0.1) is 31.3 Å². The smallest absolute Gasteiger partial charge is 0.348 e. The van der Waals surface area contributed by atoms with Crippen LogP contribution in [0.4, 0.5) is 0 Å². The van der Waals surface area contributed by atoms with Crippen LogP contribution in [-0.2, 0) is 28.6 Å². The Morgan fingerprint density at radius 1 is 1.11 bits per heavy atom. The van der Waals surface area contributed by atoms with Gasteiger partial charge in [-0.1, -0.05) is 0 Å². The fraction of sp³-hybridized carbons (Fsp3) is 0.250. The fourth-order valence-electron chi connectivity index (χ4n) is 2.63. The minimum Gasteiger partial charge on any atom is -0.504 e. The van der Waals surface area contributed by atoms with Gasteiger partial charge in [0, 0.05) is 11.6 Å². The van der Waals surface area contributed by atoms with Crippen molar-refractivity contribution in [1.29, 1.82) is 0 Å². The van der Waals surface area contributed by atoms with Gasteiger partial charge in [-0.25, -0.2) is 19.2 Å². The van der Waals surface area contributed by atoms with Crippen LogP contribution in [0.25, 0.3) is 0 Å². The van der Waals surface area contributed by atoms with Crippen molar-refractivity contribution in [3.63, 3.8) is 0 Å². The first-order valence-corrected chi connectivity index (χ1v) is 7.23. The standard InChI is InChI=1S/C16H14O11/c1-25-8(18)4-5(14(21)22)10-9-6(3-7(17)11(19)12(9)20)15(23)27-13(10)16(24)26-2/h3-4,10,13,17,19-20H,1-2H3,(H,21,22). The van der Waals surface area contributed by atoms with Crippen LogP contribution in [0.3, 0.4) is 0 Å². The number of carboxylic acid groups (broad SMARTS) is 1. The van der Waals surface area contributed by atoms with Crippen molar-refractivity contribution in [2.45, 2.75) is 12.0 Å². The highest BCUT2D eigenvalue weighted by atomic mass is 16.6. The van der Waals surface area contributed by atoms with Gasteiger partial charge in [0.2, 0.25) is 11.9 Å². The van der Waals surface area contributed by atoms with Gasteiger partial charge >= 0.3 is 23.9 Å². The first-order chi connectivity index (χ1) is 12.6. The number of aromatic hydroxyl groups is 3. The van der Waals surface area contributed by atoms with Gasteiger partial charge in [-0.3, -0.25) is 0 Å². The number of rotatable bonds is 4. The third-order valence-corrected chi connectivity index (χ3v) is 3.85. The second-order valence-corrected chi connectivity index (χ2v) is 5.31. The van der Waals surface area contributed by atoms with E-state index in [0.717, 1.165) is 20.3 Å². The summed E-state index contributed by atoms with van der Waals surface area (Å²) in [6, 6.07) is 0.727. The molecule has 0 aliphatic carbocycles. The van der Waals surface area contributed by atoms with E-state index in [1.165, 1.54) is 0 Å². The molecule has 1 heterocycles. The summed E-state index contributed by atoms with van der Waals surface area (Å²) in [6.07, 6.45) is -1.37. The summed E-state index contributed by atoms with van der Waals surface area (Å²) in [5.41, 5.74) is -1.83. The van der Waals surface area contributed by atoms with E-state index in [4.69, 9.17) is 4.74 Å². The topological polar surface area (TPSA) is 177 Å². The number of methoxy groups -OCH3 is 2. The Kier molecular flexibility index (Phi) is 5.24.